The molecule has 2 rings (SSSR count). The normalized spacial score (nSPS) is 15.8. The van der Waals surface area contributed by atoms with E-state index >= 15 is 0 Å². The number of rotatable bonds is 4. The number of carbonyl (C=O) groups is 2. The highest BCUT2D eigenvalue weighted by atomic mass is 35.5. The predicted molar refractivity (Wildman–Crippen MR) is 81.7 cm³/mol. The van der Waals surface area contributed by atoms with Gasteiger partial charge in [-0.15, -0.1) is 0 Å². The van der Waals surface area contributed by atoms with Crippen LogP contribution in [0.5, 0.6) is 0 Å². The van der Waals surface area contributed by atoms with Crippen molar-refractivity contribution in [1.29, 1.82) is 0 Å². The molecule has 1 aromatic rings. The fraction of sp³-hybridized carbons (Fsp3) is 0.429. The van der Waals surface area contributed by atoms with Gasteiger partial charge in [-0.05, 0) is 48.5 Å². The molecule has 0 radical (unpaired) electrons. The molecule has 0 unspecified atom stereocenters. The van der Waals surface area contributed by atoms with Crippen LogP contribution in [-0.2, 0) is 4.79 Å². The van der Waals surface area contributed by atoms with Crippen molar-refractivity contribution in [3.05, 3.63) is 28.8 Å². The van der Waals surface area contributed by atoms with Crippen molar-refractivity contribution in [3.8, 4) is 0 Å². The minimum atomic E-state index is -1.04. The van der Waals surface area contributed by atoms with Crippen molar-refractivity contribution in [2.45, 2.75) is 19.3 Å². The molecule has 0 bridgehead atoms. The first-order valence-electron chi connectivity index (χ1n) is 6.46. The number of anilines is 1. The fourth-order valence-electron chi connectivity index (χ4n) is 2.16. The SMILES string of the molecule is O=C(CC1CCSCC1)Nc1ccc(C(=O)O)cc1Cl. The molecule has 108 valence electrons. The van der Waals surface area contributed by atoms with Crippen LogP contribution >= 0.6 is 23.4 Å². The van der Waals surface area contributed by atoms with E-state index < -0.39 is 5.97 Å². The zero-order valence-corrected chi connectivity index (χ0v) is 12.5. The quantitative estimate of drug-likeness (QED) is 0.892. The van der Waals surface area contributed by atoms with Crippen LogP contribution in [0.4, 0.5) is 5.69 Å². The van der Waals surface area contributed by atoms with Crippen LogP contribution in [0.1, 0.15) is 29.6 Å². The van der Waals surface area contributed by atoms with Gasteiger partial charge in [0.2, 0.25) is 5.91 Å². The summed E-state index contributed by atoms with van der Waals surface area (Å²) in [5, 5.41) is 11.9. The second-order valence-corrected chi connectivity index (χ2v) is 6.44. The fourth-order valence-corrected chi connectivity index (χ4v) is 3.60. The number of nitrogens with one attached hydrogen (secondary N) is 1. The number of halogens is 1. The molecule has 1 fully saturated rings. The predicted octanol–water partition coefficient (Wildman–Crippen LogP) is 3.51. The van der Waals surface area contributed by atoms with Gasteiger partial charge < -0.3 is 10.4 Å². The minimum Gasteiger partial charge on any atom is -0.478 e. The number of thioether (sulfide) groups is 1. The molecular weight excluding hydrogens is 298 g/mol. The number of amides is 1. The highest BCUT2D eigenvalue weighted by Crippen LogP contribution is 2.27. The number of benzene rings is 1. The van der Waals surface area contributed by atoms with Gasteiger partial charge in [0, 0.05) is 6.42 Å². The van der Waals surface area contributed by atoms with Gasteiger partial charge in [0.15, 0.2) is 0 Å². The first-order valence-corrected chi connectivity index (χ1v) is 8.00. The van der Waals surface area contributed by atoms with Crippen LogP contribution < -0.4 is 5.32 Å². The maximum absolute atomic E-state index is 12.0. The van der Waals surface area contributed by atoms with Gasteiger partial charge in [0.25, 0.3) is 0 Å². The molecule has 1 aliphatic rings. The number of aromatic carboxylic acids is 1. The summed E-state index contributed by atoms with van der Waals surface area (Å²) in [7, 11) is 0. The molecule has 20 heavy (non-hydrogen) atoms. The number of carbonyl (C=O) groups excluding carboxylic acids is 1. The third-order valence-corrected chi connectivity index (χ3v) is 4.67. The smallest absolute Gasteiger partial charge is 0.335 e. The van der Waals surface area contributed by atoms with Crippen molar-refractivity contribution >= 4 is 40.9 Å². The van der Waals surface area contributed by atoms with E-state index in [0.29, 0.717) is 18.0 Å². The Bertz CT molecular complexity index is 515. The van der Waals surface area contributed by atoms with Crippen LogP contribution in [0, 0.1) is 5.92 Å². The lowest BCUT2D eigenvalue weighted by Gasteiger charge is -2.20. The van der Waals surface area contributed by atoms with Gasteiger partial charge >= 0.3 is 5.97 Å². The van der Waals surface area contributed by atoms with Gasteiger partial charge in [0.1, 0.15) is 0 Å². The van der Waals surface area contributed by atoms with E-state index in [1.807, 2.05) is 11.8 Å². The second kappa shape index (κ2) is 6.99. The molecule has 0 aromatic heterocycles. The Labute approximate surface area is 126 Å². The molecule has 1 aliphatic heterocycles. The molecule has 4 nitrogen and oxygen atoms in total. The van der Waals surface area contributed by atoms with Crippen LogP contribution in [-0.4, -0.2) is 28.5 Å². The first kappa shape index (κ1) is 15.2. The molecule has 1 amide bonds. The summed E-state index contributed by atoms with van der Waals surface area (Å²) in [5.74, 6) is 1.57. The molecule has 0 aliphatic carbocycles. The standard InChI is InChI=1S/C14H16ClNO3S/c15-11-8-10(14(18)19)1-2-12(11)16-13(17)7-9-3-5-20-6-4-9/h1-2,8-9H,3-7H2,(H,16,17)(H,18,19). The molecular formula is C14H16ClNO3S. The molecule has 0 atom stereocenters. The average molecular weight is 314 g/mol. The molecule has 0 saturated carbocycles. The highest BCUT2D eigenvalue weighted by molar-refractivity contribution is 7.99. The van der Waals surface area contributed by atoms with Gasteiger partial charge in [-0.3, -0.25) is 4.79 Å². The summed E-state index contributed by atoms with van der Waals surface area (Å²) in [6, 6.07) is 4.30. The highest BCUT2D eigenvalue weighted by Gasteiger charge is 2.18. The number of hydrogen-bond acceptors (Lipinski definition) is 3. The van der Waals surface area contributed by atoms with E-state index in [9.17, 15) is 9.59 Å². The van der Waals surface area contributed by atoms with Crippen LogP contribution in [0.2, 0.25) is 5.02 Å². The minimum absolute atomic E-state index is 0.0631. The maximum atomic E-state index is 12.0. The Balaban J connectivity index is 1.95. The summed E-state index contributed by atoms with van der Waals surface area (Å²) >= 11 is 7.91. The van der Waals surface area contributed by atoms with Crippen LogP contribution in [0.3, 0.4) is 0 Å². The molecule has 1 saturated heterocycles. The van der Waals surface area contributed by atoms with Crippen molar-refractivity contribution in [3.63, 3.8) is 0 Å². The third-order valence-electron chi connectivity index (χ3n) is 3.31. The lowest BCUT2D eigenvalue weighted by Crippen LogP contribution is -2.19. The Morgan fingerprint density at radius 1 is 1.35 bits per heavy atom. The van der Waals surface area contributed by atoms with Gasteiger partial charge in [-0.25, -0.2) is 4.79 Å². The van der Waals surface area contributed by atoms with E-state index in [4.69, 9.17) is 16.7 Å². The Morgan fingerprint density at radius 3 is 2.65 bits per heavy atom. The molecule has 1 aromatic carbocycles. The van der Waals surface area contributed by atoms with Gasteiger partial charge in [-0.1, -0.05) is 11.6 Å². The van der Waals surface area contributed by atoms with E-state index in [1.54, 1.807) is 0 Å². The van der Waals surface area contributed by atoms with Gasteiger partial charge in [0.05, 0.1) is 16.3 Å². The molecule has 1 heterocycles. The Hall–Kier alpha value is -1.20. The third kappa shape index (κ3) is 4.15. The zero-order valence-electron chi connectivity index (χ0n) is 10.9. The Kier molecular flexibility index (Phi) is 5.31. The van der Waals surface area contributed by atoms with Gasteiger partial charge in [-0.2, -0.15) is 11.8 Å². The van der Waals surface area contributed by atoms with E-state index in [1.165, 1.54) is 18.2 Å². The van der Waals surface area contributed by atoms with Crippen molar-refractivity contribution < 1.29 is 14.7 Å². The molecule has 6 heteroatoms. The van der Waals surface area contributed by atoms with Crippen LogP contribution in [0.15, 0.2) is 18.2 Å². The lowest BCUT2D eigenvalue weighted by atomic mass is 9.98. The van der Waals surface area contributed by atoms with Crippen molar-refractivity contribution in [2.75, 3.05) is 16.8 Å². The van der Waals surface area contributed by atoms with Crippen molar-refractivity contribution in [1.82, 2.24) is 0 Å². The second-order valence-electron chi connectivity index (χ2n) is 4.81. The first-order chi connectivity index (χ1) is 9.56. The average Bonchev–Trinajstić information content (AvgIpc) is 2.42. The number of hydrogen-bond donors (Lipinski definition) is 2. The number of carboxylic acid groups (broad SMARTS) is 1. The molecule has 2 N–H and O–H groups in total. The van der Waals surface area contributed by atoms with Crippen molar-refractivity contribution in [2.24, 2.45) is 5.92 Å². The monoisotopic (exact) mass is 313 g/mol. The summed E-state index contributed by atoms with van der Waals surface area (Å²) < 4.78 is 0. The topological polar surface area (TPSA) is 66.4 Å². The van der Waals surface area contributed by atoms with E-state index in [2.05, 4.69) is 5.32 Å². The maximum Gasteiger partial charge on any atom is 0.335 e. The summed E-state index contributed by atoms with van der Waals surface area (Å²) in [6.45, 7) is 0. The van der Waals surface area contributed by atoms with E-state index in [-0.39, 0.29) is 16.5 Å². The lowest BCUT2D eigenvalue weighted by molar-refractivity contribution is -0.117. The van der Waals surface area contributed by atoms with Crippen LogP contribution in [0.25, 0.3) is 0 Å². The summed E-state index contributed by atoms with van der Waals surface area (Å²) in [6.07, 6.45) is 2.64. The largest absolute Gasteiger partial charge is 0.478 e. The zero-order chi connectivity index (χ0) is 14.5. The Morgan fingerprint density at radius 2 is 2.05 bits per heavy atom. The van der Waals surface area contributed by atoms with E-state index in [0.717, 1.165) is 24.3 Å². The summed E-state index contributed by atoms with van der Waals surface area (Å²) in [5.41, 5.74) is 0.573. The summed E-state index contributed by atoms with van der Waals surface area (Å²) in [4.78, 5) is 22.8. The molecule has 0 spiro atoms. The number of carboxylic acids is 1.